The number of anilines is 1. The number of methoxy groups -OCH3 is 1. The van der Waals surface area contributed by atoms with Crippen LogP contribution in [0.2, 0.25) is 0 Å². The minimum Gasteiger partial charge on any atom is -0.496 e. The summed E-state index contributed by atoms with van der Waals surface area (Å²) in [6.45, 7) is 1.82. The Hall–Kier alpha value is -2.54. The average Bonchev–Trinajstić information content (AvgIpc) is 2.59. The topological polar surface area (TPSA) is 84.5 Å². The van der Waals surface area contributed by atoms with Crippen LogP contribution in [0.25, 0.3) is 0 Å². The van der Waals surface area contributed by atoms with Gasteiger partial charge in [-0.25, -0.2) is 8.42 Å². The third-order valence-electron chi connectivity index (χ3n) is 3.91. The average molecular weight is 376 g/mol. The number of aryl methyl sites for hydroxylation is 1. The summed E-state index contributed by atoms with van der Waals surface area (Å²) in [4.78, 5) is 12.3. The molecule has 26 heavy (non-hydrogen) atoms. The summed E-state index contributed by atoms with van der Waals surface area (Å²) in [5.74, 6) is 0.647. The van der Waals surface area contributed by atoms with E-state index < -0.39 is 10.0 Å². The first kappa shape index (κ1) is 19.8. The van der Waals surface area contributed by atoms with Gasteiger partial charge in [-0.2, -0.15) is 0 Å². The van der Waals surface area contributed by atoms with Gasteiger partial charge in [0.15, 0.2) is 0 Å². The highest BCUT2D eigenvalue weighted by atomic mass is 32.2. The van der Waals surface area contributed by atoms with Crippen LogP contribution in [-0.2, 0) is 21.2 Å². The summed E-state index contributed by atoms with van der Waals surface area (Å²) in [6, 6.07) is 14.3. The van der Waals surface area contributed by atoms with Crippen molar-refractivity contribution in [3.8, 4) is 5.75 Å². The fraction of sp³-hybridized carbons (Fsp3) is 0.316. The molecule has 1 unspecified atom stereocenters. The Bertz CT molecular complexity index is 865. The standard InChI is InChI=1S/C19H24N2O4S/c1-14(16-9-5-6-10-17(16)21-26(3,23)24)20-19(22)13-12-15-8-4-7-11-18(15)25-2/h4-11,14,21H,12-13H2,1-3H3,(H,20,22). The van der Waals surface area contributed by atoms with Gasteiger partial charge in [-0.1, -0.05) is 36.4 Å². The quantitative estimate of drug-likeness (QED) is 0.742. The Morgan fingerprint density at radius 2 is 1.77 bits per heavy atom. The first-order valence-electron chi connectivity index (χ1n) is 8.28. The van der Waals surface area contributed by atoms with Crippen molar-refractivity contribution in [2.75, 3.05) is 18.1 Å². The molecule has 0 saturated heterocycles. The molecule has 140 valence electrons. The molecule has 0 saturated carbocycles. The summed E-state index contributed by atoms with van der Waals surface area (Å²) in [5.41, 5.74) is 2.15. The molecule has 0 aliphatic carbocycles. The van der Waals surface area contributed by atoms with Gasteiger partial charge in [0.25, 0.3) is 0 Å². The zero-order valence-corrected chi connectivity index (χ0v) is 16.0. The van der Waals surface area contributed by atoms with Crippen molar-refractivity contribution in [1.82, 2.24) is 5.32 Å². The van der Waals surface area contributed by atoms with Crippen LogP contribution in [0.5, 0.6) is 5.75 Å². The number of para-hydroxylation sites is 2. The van der Waals surface area contributed by atoms with Crippen molar-refractivity contribution < 1.29 is 17.9 Å². The molecule has 6 nitrogen and oxygen atoms in total. The molecule has 0 aliphatic rings. The van der Waals surface area contributed by atoms with Crippen LogP contribution in [0.15, 0.2) is 48.5 Å². The van der Waals surface area contributed by atoms with Crippen molar-refractivity contribution >= 4 is 21.6 Å². The fourth-order valence-corrected chi connectivity index (χ4v) is 3.30. The highest BCUT2D eigenvalue weighted by molar-refractivity contribution is 7.92. The van der Waals surface area contributed by atoms with Crippen LogP contribution >= 0.6 is 0 Å². The second kappa shape index (κ2) is 8.71. The minimum absolute atomic E-state index is 0.113. The highest BCUT2D eigenvalue weighted by Crippen LogP contribution is 2.24. The first-order valence-corrected chi connectivity index (χ1v) is 10.2. The third kappa shape index (κ3) is 5.77. The van der Waals surface area contributed by atoms with E-state index in [1.165, 1.54) is 0 Å². The Balaban J connectivity index is 2.01. The number of ether oxygens (including phenoxy) is 1. The zero-order chi connectivity index (χ0) is 19.2. The van der Waals surface area contributed by atoms with E-state index in [9.17, 15) is 13.2 Å². The molecule has 0 fully saturated rings. The molecule has 2 aromatic carbocycles. The number of hydrogen-bond acceptors (Lipinski definition) is 4. The summed E-state index contributed by atoms with van der Waals surface area (Å²) >= 11 is 0. The van der Waals surface area contributed by atoms with Gasteiger partial charge in [-0.3, -0.25) is 9.52 Å². The summed E-state index contributed by atoms with van der Waals surface area (Å²) in [7, 11) is -1.79. The van der Waals surface area contributed by atoms with Gasteiger partial charge in [0, 0.05) is 6.42 Å². The van der Waals surface area contributed by atoms with Crippen molar-refractivity contribution in [3.05, 3.63) is 59.7 Å². The molecule has 0 bridgehead atoms. The number of amides is 1. The van der Waals surface area contributed by atoms with Gasteiger partial charge < -0.3 is 10.1 Å². The third-order valence-corrected chi connectivity index (χ3v) is 4.50. The predicted molar refractivity (Wildman–Crippen MR) is 103 cm³/mol. The Morgan fingerprint density at radius 3 is 2.46 bits per heavy atom. The zero-order valence-electron chi connectivity index (χ0n) is 15.2. The molecule has 2 rings (SSSR count). The predicted octanol–water partition coefficient (Wildman–Crippen LogP) is 2.88. The molecular formula is C19H24N2O4S. The van der Waals surface area contributed by atoms with Crippen LogP contribution in [0, 0.1) is 0 Å². The molecule has 0 aromatic heterocycles. The monoisotopic (exact) mass is 376 g/mol. The maximum atomic E-state index is 12.3. The fourth-order valence-electron chi connectivity index (χ4n) is 2.72. The molecule has 2 aromatic rings. The normalized spacial score (nSPS) is 12.3. The molecule has 2 N–H and O–H groups in total. The number of sulfonamides is 1. The van der Waals surface area contributed by atoms with Crippen LogP contribution < -0.4 is 14.8 Å². The van der Waals surface area contributed by atoms with E-state index in [2.05, 4.69) is 10.0 Å². The van der Waals surface area contributed by atoms with E-state index in [-0.39, 0.29) is 11.9 Å². The van der Waals surface area contributed by atoms with Gasteiger partial charge >= 0.3 is 0 Å². The molecule has 1 atom stereocenters. The van der Waals surface area contributed by atoms with E-state index in [1.54, 1.807) is 31.4 Å². The molecule has 0 spiro atoms. The summed E-state index contributed by atoms with van der Waals surface area (Å²) in [6.07, 6.45) is 1.97. The van der Waals surface area contributed by atoms with Gasteiger partial charge in [0.05, 0.1) is 25.1 Å². The lowest BCUT2D eigenvalue weighted by Gasteiger charge is -2.18. The van der Waals surface area contributed by atoms with Crippen LogP contribution in [0.3, 0.4) is 0 Å². The minimum atomic E-state index is -3.39. The smallest absolute Gasteiger partial charge is 0.229 e. The van der Waals surface area contributed by atoms with Gasteiger partial charge in [0.2, 0.25) is 15.9 Å². The number of rotatable bonds is 8. The molecule has 7 heteroatoms. The SMILES string of the molecule is COc1ccccc1CCC(=O)NC(C)c1ccccc1NS(C)(=O)=O. The van der Waals surface area contributed by atoms with Crippen molar-refractivity contribution in [3.63, 3.8) is 0 Å². The van der Waals surface area contributed by atoms with Crippen LogP contribution in [0.1, 0.15) is 30.5 Å². The van der Waals surface area contributed by atoms with Crippen molar-refractivity contribution in [2.24, 2.45) is 0 Å². The van der Waals surface area contributed by atoms with E-state index in [4.69, 9.17) is 4.74 Å². The number of carbonyl (C=O) groups excluding carboxylic acids is 1. The number of carbonyl (C=O) groups is 1. The Morgan fingerprint density at radius 1 is 1.12 bits per heavy atom. The lowest BCUT2D eigenvalue weighted by molar-refractivity contribution is -0.121. The maximum absolute atomic E-state index is 12.3. The molecule has 0 radical (unpaired) electrons. The lowest BCUT2D eigenvalue weighted by atomic mass is 10.1. The van der Waals surface area contributed by atoms with E-state index in [0.29, 0.717) is 24.1 Å². The number of nitrogens with one attached hydrogen (secondary N) is 2. The summed E-state index contributed by atoms with van der Waals surface area (Å²) < 4.78 is 30.8. The van der Waals surface area contributed by atoms with Gasteiger partial charge in [0.1, 0.15) is 5.75 Å². The number of hydrogen-bond donors (Lipinski definition) is 2. The van der Waals surface area contributed by atoms with Gasteiger partial charge in [-0.15, -0.1) is 0 Å². The largest absolute Gasteiger partial charge is 0.496 e. The van der Waals surface area contributed by atoms with Crippen molar-refractivity contribution in [1.29, 1.82) is 0 Å². The highest BCUT2D eigenvalue weighted by Gasteiger charge is 2.15. The second-order valence-electron chi connectivity index (χ2n) is 6.06. The van der Waals surface area contributed by atoms with E-state index in [0.717, 1.165) is 17.6 Å². The van der Waals surface area contributed by atoms with Gasteiger partial charge in [-0.05, 0) is 36.6 Å². The first-order chi connectivity index (χ1) is 12.3. The summed E-state index contributed by atoms with van der Waals surface area (Å²) in [5, 5.41) is 2.92. The number of benzene rings is 2. The van der Waals surface area contributed by atoms with Crippen molar-refractivity contribution in [2.45, 2.75) is 25.8 Å². The maximum Gasteiger partial charge on any atom is 0.229 e. The van der Waals surface area contributed by atoms with Crippen LogP contribution in [0.4, 0.5) is 5.69 Å². The van der Waals surface area contributed by atoms with Crippen LogP contribution in [-0.4, -0.2) is 27.7 Å². The second-order valence-corrected chi connectivity index (χ2v) is 7.81. The molecule has 0 heterocycles. The van der Waals surface area contributed by atoms with E-state index in [1.807, 2.05) is 31.2 Å². The Kier molecular flexibility index (Phi) is 6.63. The molecule has 1 amide bonds. The molecular weight excluding hydrogens is 352 g/mol. The van der Waals surface area contributed by atoms with E-state index >= 15 is 0 Å². The lowest BCUT2D eigenvalue weighted by Crippen LogP contribution is -2.27. The molecule has 0 aliphatic heterocycles. The Labute approximate surface area is 154 Å².